The first-order valence-corrected chi connectivity index (χ1v) is 6.13. The summed E-state index contributed by atoms with van der Waals surface area (Å²) in [4.78, 5) is 26.4. The molecular weight excluding hydrogens is 228 g/mol. The van der Waals surface area contributed by atoms with Gasteiger partial charge in [0.1, 0.15) is 0 Å². The van der Waals surface area contributed by atoms with Gasteiger partial charge in [0.25, 0.3) is 0 Å². The van der Waals surface area contributed by atoms with Crippen molar-refractivity contribution in [2.45, 2.75) is 0 Å². The van der Waals surface area contributed by atoms with Crippen LogP contribution in [0.3, 0.4) is 0 Å². The molecule has 0 spiro atoms. The standard InChI is InChI=1S/C14H14N2O2/c17-13-9-12(16-7-5-15-6-8-16)14(18)11-4-2-1-3-10(11)13/h1-4,9,15H,5-8H2. The molecular formula is C14H14N2O2. The lowest BCUT2D eigenvalue weighted by Gasteiger charge is -2.32. The van der Waals surface area contributed by atoms with Crippen LogP contribution in [0.5, 0.6) is 0 Å². The fraction of sp³-hybridized carbons (Fsp3) is 0.286. The van der Waals surface area contributed by atoms with Gasteiger partial charge in [-0.3, -0.25) is 9.59 Å². The van der Waals surface area contributed by atoms with Gasteiger partial charge in [-0.25, -0.2) is 0 Å². The molecule has 1 fully saturated rings. The highest BCUT2D eigenvalue weighted by Gasteiger charge is 2.28. The van der Waals surface area contributed by atoms with Crippen LogP contribution in [-0.2, 0) is 0 Å². The second kappa shape index (κ2) is 4.38. The van der Waals surface area contributed by atoms with Crippen molar-refractivity contribution in [3.8, 4) is 0 Å². The van der Waals surface area contributed by atoms with E-state index in [1.807, 2.05) is 4.90 Å². The summed E-state index contributed by atoms with van der Waals surface area (Å²) < 4.78 is 0. The van der Waals surface area contributed by atoms with Gasteiger partial charge in [-0.05, 0) is 0 Å². The van der Waals surface area contributed by atoms with Crippen molar-refractivity contribution in [2.24, 2.45) is 0 Å². The third-order valence-corrected chi connectivity index (χ3v) is 3.40. The Morgan fingerprint density at radius 3 is 2.39 bits per heavy atom. The number of Topliss-reactive ketones (excluding diaryl/α,β-unsaturated/α-hetero) is 1. The SMILES string of the molecule is O=C1C=C(N2CCNCC2)C(=O)c2ccccc21. The second-order valence-corrected chi connectivity index (χ2v) is 4.51. The smallest absolute Gasteiger partial charge is 0.209 e. The summed E-state index contributed by atoms with van der Waals surface area (Å²) >= 11 is 0. The molecule has 0 atom stereocenters. The number of piperazine rings is 1. The highest BCUT2D eigenvalue weighted by molar-refractivity contribution is 6.24. The number of carbonyl (C=O) groups is 2. The fourth-order valence-electron chi connectivity index (χ4n) is 2.44. The number of hydrogen-bond acceptors (Lipinski definition) is 4. The number of ketones is 2. The highest BCUT2D eigenvalue weighted by atomic mass is 16.1. The van der Waals surface area contributed by atoms with Crippen molar-refractivity contribution in [3.05, 3.63) is 47.2 Å². The minimum Gasteiger partial charge on any atom is -0.366 e. The van der Waals surface area contributed by atoms with Crippen LogP contribution in [0.15, 0.2) is 36.0 Å². The van der Waals surface area contributed by atoms with Crippen molar-refractivity contribution >= 4 is 11.6 Å². The Balaban J connectivity index is 1.98. The molecule has 4 heteroatoms. The predicted octanol–water partition coefficient (Wildman–Crippen LogP) is 0.855. The summed E-state index contributed by atoms with van der Waals surface area (Å²) in [7, 11) is 0. The molecule has 0 amide bonds. The average molecular weight is 242 g/mol. The van der Waals surface area contributed by atoms with E-state index in [2.05, 4.69) is 5.32 Å². The molecule has 18 heavy (non-hydrogen) atoms. The van der Waals surface area contributed by atoms with Crippen LogP contribution in [0.1, 0.15) is 20.7 Å². The predicted molar refractivity (Wildman–Crippen MR) is 67.6 cm³/mol. The Morgan fingerprint density at radius 2 is 1.67 bits per heavy atom. The lowest BCUT2D eigenvalue weighted by molar-refractivity contribution is 0.0946. The quantitative estimate of drug-likeness (QED) is 0.793. The molecule has 0 bridgehead atoms. The van der Waals surface area contributed by atoms with E-state index in [1.165, 1.54) is 6.08 Å². The monoisotopic (exact) mass is 242 g/mol. The van der Waals surface area contributed by atoms with Gasteiger partial charge in [0.05, 0.1) is 5.70 Å². The zero-order chi connectivity index (χ0) is 12.5. The molecule has 1 N–H and O–H groups in total. The Bertz CT molecular complexity index is 542. The van der Waals surface area contributed by atoms with E-state index < -0.39 is 0 Å². The normalized spacial score (nSPS) is 19.6. The fourth-order valence-corrected chi connectivity index (χ4v) is 2.44. The van der Waals surface area contributed by atoms with Gasteiger partial charge < -0.3 is 10.2 Å². The van der Waals surface area contributed by atoms with Crippen molar-refractivity contribution in [2.75, 3.05) is 26.2 Å². The van der Waals surface area contributed by atoms with Crippen LogP contribution in [-0.4, -0.2) is 42.6 Å². The third-order valence-electron chi connectivity index (χ3n) is 3.40. The first-order chi connectivity index (χ1) is 8.77. The van der Waals surface area contributed by atoms with Gasteiger partial charge in [-0.1, -0.05) is 24.3 Å². The van der Waals surface area contributed by atoms with Crippen LogP contribution in [0, 0.1) is 0 Å². The maximum atomic E-state index is 12.4. The number of fused-ring (bicyclic) bond motifs is 1. The molecule has 1 aromatic rings. The summed E-state index contributed by atoms with van der Waals surface area (Å²) in [5.74, 6) is -0.106. The average Bonchev–Trinajstić information content (AvgIpc) is 2.44. The van der Waals surface area contributed by atoms with Crippen molar-refractivity contribution in [1.82, 2.24) is 10.2 Å². The van der Waals surface area contributed by atoms with E-state index in [1.54, 1.807) is 24.3 Å². The van der Waals surface area contributed by atoms with E-state index in [4.69, 9.17) is 0 Å². The number of carbonyl (C=O) groups excluding carboxylic acids is 2. The Hall–Kier alpha value is -1.94. The van der Waals surface area contributed by atoms with E-state index >= 15 is 0 Å². The van der Waals surface area contributed by atoms with Gasteiger partial charge in [0.2, 0.25) is 5.78 Å². The van der Waals surface area contributed by atoms with Crippen LogP contribution in [0.4, 0.5) is 0 Å². The Kier molecular flexibility index (Phi) is 2.72. The zero-order valence-electron chi connectivity index (χ0n) is 9.98. The maximum Gasteiger partial charge on any atom is 0.209 e. The molecule has 0 saturated carbocycles. The topological polar surface area (TPSA) is 49.4 Å². The number of hydrogen-bond donors (Lipinski definition) is 1. The molecule has 92 valence electrons. The summed E-state index contributed by atoms with van der Waals surface area (Å²) in [6.07, 6.45) is 1.48. The molecule has 1 aliphatic heterocycles. The molecule has 1 aromatic carbocycles. The molecule has 0 radical (unpaired) electrons. The first-order valence-electron chi connectivity index (χ1n) is 6.13. The van der Waals surface area contributed by atoms with Crippen LogP contribution >= 0.6 is 0 Å². The van der Waals surface area contributed by atoms with Gasteiger partial charge >= 0.3 is 0 Å². The third kappa shape index (κ3) is 1.75. The maximum absolute atomic E-state index is 12.4. The lowest BCUT2D eigenvalue weighted by atomic mass is 9.92. The van der Waals surface area contributed by atoms with Crippen LogP contribution in [0.2, 0.25) is 0 Å². The highest BCUT2D eigenvalue weighted by Crippen LogP contribution is 2.23. The van der Waals surface area contributed by atoms with Crippen molar-refractivity contribution < 1.29 is 9.59 Å². The summed E-state index contributed by atoms with van der Waals surface area (Å²) in [5.41, 5.74) is 1.58. The van der Waals surface area contributed by atoms with Crippen molar-refractivity contribution in [3.63, 3.8) is 0 Å². The largest absolute Gasteiger partial charge is 0.366 e. The number of allylic oxidation sites excluding steroid dienone is 2. The molecule has 0 aromatic heterocycles. The van der Waals surface area contributed by atoms with E-state index in [-0.39, 0.29) is 11.6 Å². The molecule has 3 rings (SSSR count). The van der Waals surface area contributed by atoms with Gasteiger partial charge in [0, 0.05) is 43.4 Å². The minimum absolute atomic E-state index is 0.0351. The molecule has 1 saturated heterocycles. The summed E-state index contributed by atoms with van der Waals surface area (Å²) in [5, 5.41) is 3.23. The second-order valence-electron chi connectivity index (χ2n) is 4.51. The molecule has 0 unspecified atom stereocenters. The van der Waals surface area contributed by atoms with E-state index in [0.29, 0.717) is 16.8 Å². The summed E-state index contributed by atoms with van der Waals surface area (Å²) in [6, 6.07) is 7.02. The lowest BCUT2D eigenvalue weighted by Crippen LogP contribution is -2.45. The first kappa shape index (κ1) is 11.2. The Labute approximate surface area is 105 Å². The minimum atomic E-state index is -0.0706. The zero-order valence-corrected chi connectivity index (χ0v) is 9.98. The Morgan fingerprint density at radius 1 is 1.00 bits per heavy atom. The molecule has 1 heterocycles. The van der Waals surface area contributed by atoms with E-state index in [0.717, 1.165) is 26.2 Å². The summed E-state index contributed by atoms with van der Waals surface area (Å²) in [6.45, 7) is 3.24. The molecule has 4 nitrogen and oxygen atoms in total. The van der Waals surface area contributed by atoms with Crippen molar-refractivity contribution in [1.29, 1.82) is 0 Å². The van der Waals surface area contributed by atoms with Crippen LogP contribution < -0.4 is 5.32 Å². The molecule has 1 aliphatic carbocycles. The van der Waals surface area contributed by atoms with Gasteiger partial charge in [-0.2, -0.15) is 0 Å². The number of nitrogens with zero attached hydrogens (tertiary/aromatic N) is 1. The van der Waals surface area contributed by atoms with Crippen LogP contribution in [0.25, 0.3) is 0 Å². The number of nitrogens with one attached hydrogen (secondary N) is 1. The van der Waals surface area contributed by atoms with Gasteiger partial charge in [0.15, 0.2) is 5.78 Å². The van der Waals surface area contributed by atoms with E-state index in [9.17, 15) is 9.59 Å². The number of benzene rings is 1. The molecule has 2 aliphatic rings. The number of rotatable bonds is 1. The van der Waals surface area contributed by atoms with Gasteiger partial charge in [-0.15, -0.1) is 0 Å².